The fourth-order valence-corrected chi connectivity index (χ4v) is 1.37. The first-order valence-corrected chi connectivity index (χ1v) is 4.45. The maximum Gasteiger partial charge on any atom is 0.222 e. The third-order valence-corrected chi connectivity index (χ3v) is 2.04. The zero-order valence-corrected chi connectivity index (χ0v) is 7.87. The molecule has 1 amide bonds. The van der Waals surface area contributed by atoms with Crippen LogP contribution in [0.25, 0.3) is 11.0 Å². The highest BCUT2D eigenvalue weighted by Crippen LogP contribution is 2.15. The van der Waals surface area contributed by atoms with E-state index < -0.39 is 12.1 Å². The summed E-state index contributed by atoms with van der Waals surface area (Å²) in [4.78, 5) is 10.6. The van der Waals surface area contributed by atoms with Gasteiger partial charge in [0.15, 0.2) is 6.23 Å². The molecule has 0 saturated heterocycles. The molecular formula is C9H10N4O2. The number of aliphatic hydroxyl groups excluding tert-OH is 1. The number of benzene rings is 1. The SMILES string of the molecule is NC(=O)CC(O)n1nnc2ccccc21. The molecule has 6 heteroatoms. The number of carbonyl (C=O) groups excluding carboxylic acids is 1. The van der Waals surface area contributed by atoms with E-state index in [0.29, 0.717) is 11.0 Å². The van der Waals surface area contributed by atoms with Crippen molar-refractivity contribution in [1.82, 2.24) is 15.0 Å². The normalized spacial score (nSPS) is 12.9. The molecule has 0 bridgehead atoms. The average molecular weight is 206 g/mol. The quantitative estimate of drug-likeness (QED) is 0.727. The molecule has 1 aromatic carbocycles. The van der Waals surface area contributed by atoms with Crippen molar-refractivity contribution >= 4 is 16.9 Å². The van der Waals surface area contributed by atoms with Crippen molar-refractivity contribution in [2.45, 2.75) is 12.6 Å². The lowest BCUT2D eigenvalue weighted by Gasteiger charge is -2.08. The Morgan fingerprint density at radius 2 is 2.27 bits per heavy atom. The Morgan fingerprint density at radius 3 is 3.00 bits per heavy atom. The summed E-state index contributed by atoms with van der Waals surface area (Å²) in [7, 11) is 0. The van der Waals surface area contributed by atoms with Gasteiger partial charge in [-0.1, -0.05) is 17.3 Å². The summed E-state index contributed by atoms with van der Waals surface area (Å²) in [5, 5.41) is 17.2. The molecule has 1 unspecified atom stereocenters. The van der Waals surface area contributed by atoms with Gasteiger partial charge in [-0.3, -0.25) is 4.79 Å². The van der Waals surface area contributed by atoms with Crippen LogP contribution in [0.5, 0.6) is 0 Å². The summed E-state index contributed by atoms with van der Waals surface area (Å²) < 4.78 is 1.28. The van der Waals surface area contributed by atoms with Gasteiger partial charge in [0.1, 0.15) is 5.52 Å². The maximum absolute atomic E-state index is 10.6. The molecule has 0 aliphatic carbocycles. The van der Waals surface area contributed by atoms with Crippen LogP contribution in [-0.4, -0.2) is 26.0 Å². The van der Waals surface area contributed by atoms with Crippen molar-refractivity contribution in [2.75, 3.05) is 0 Å². The summed E-state index contributed by atoms with van der Waals surface area (Å²) in [6, 6.07) is 7.16. The lowest BCUT2D eigenvalue weighted by molar-refractivity contribution is -0.121. The first-order chi connectivity index (χ1) is 7.18. The van der Waals surface area contributed by atoms with Crippen LogP contribution in [0.4, 0.5) is 0 Å². The number of rotatable bonds is 3. The number of aliphatic hydroxyl groups is 1. The Labute approximate surface area is 85.3 Å². The van der Waals surface area contributed by atoms with Crippen LogP contribution in [-0.2, 0) is 4.79 Å². The molecule has 15 heavy (non-hydrogen) atoms. The molecule has 0 spiro atoms. The third-order valence-electron chi connectivity index (χ3n) is 2.04. The number of carbonyl (C=O) groups is 1. The minimum Gasteiger partial charge on any atom is -0.371 e. The van der Waals surface area contributed by atoms with Crippen LogP contribution in [0.2, 0.25) is 0 Å². The van der Waals surface area contributed by atoms with Crippen LogP contribution in [0.3, 0.4) is 0 Å². The predicted molar refractivity (Wildman–Crippen MR) is 52.6 cm³/mol. The molecule has 2 rings (SSSR count). The van der Waals surface area contributed by atoms with Gasteiger partial charge >= 0.3 is 0 Å². The van der Waals surface area contributed by atoms with Gasteiger partial charge in [-0.2, -0.15) is 0 Å². The Morgan fingerprint density at radius 1 is 1.53 bits per heavy atom. The Hall–Kier alpha value is -1.95. The van der Waals surface area contributed by atoms with E-state index >= 15 is 0 Å². The average Bonchev–Trinajstić information content (AvgIpc) is 2.59. The van der Waals surface area contributed by atoms with Crippen molar-refractivity contribution < 1.29 is 9.90 Å². The lowest BCUT2D eigenvalue weighted by Crippen LogP contribution is -2.19. The number of nitrogens with zero attached hydrogens (tertiary/aromatic N) is 3. The first kappa shape index (κ1) is 9.60. The number of hydrogen-bond acceptors (Lipinski definition) is 4. The molecule has 0 radical (unpaired) electrons. The molecule has 1 aromatic heterocycles. The van der Waals surface area contributed by atoms with Crippen molar-refractivity contribution in [3.8, 4) is 0 Å². The van der Waals surface area contributed by atoms with E-state index in [0.717, 1.165) is 0 Å². The fourth-order valence-electron chi connectivity index (χ4n) is 1.37. The molecule has 3 N–H and O–H groups in total. The highest BCUT2D eigenvalue weighted by Gasteiger charge is 2.14. The topological polar surface area (TPSA) is 94.0 Å². The summed E-state index contributed by atoms with van der Waals surface area (Å²) in [5.74, 6) is -0.581. The van der Waals surface area contributed by atoms with E-state index in [4.69, 9.17) is 5.73 Å². The maximum atomic E-state index is 10.6. The summed E-state index contributed by atoms with van der Waals surface area (Å²) >= 11 is 0. The van der Waals surface area contributed by atoms with Crippen LogP contribution in [0, 0.1) is 0 Å². The van der Waals surface area contributed by atoms with Crippen LogP contribution in [0.1, 0.15) is 12.6 Å². The van der Waals surface area contributed by atoms with Gasteiger partial charge in [-0.25, -0.2) is 4.68 Å². The van der Waals surface area contributed by atoms with Crippen LogP contribution >= 0.6 is 0 Å². The number of hydrogen-bond donors (Lipinski definition) is 2. The first-order valence-electron chi connectivity index (χ1n) is 4.45. The molecule has 0 aliphatic rings. The van der Waals surface area contributed by atoms with Crippen molar-refractivity contribution in [3.63, 3.8) is 0 Å². The van der Waals surface area contributed by atoms with Gasteiger partial charge in [0.25, 0.3) is 0 Å². The van der Waals surface area contributed by atoms with Gasteiger partial charge in [0.05, 0.1) is 11.9 Å². The lowest BCUT2D eigenvalue weighted by atomic mass is 10.3. The highest BCUT2D eigenvalue weighted by atomic mass is 16.3. The smallest absolute Gasteiger partial charge is 0.222 e. The molecule has 0 aliphatic heterocycles. The minimum atomic E-state index is -1.06. The van der Waals surface area contributed by atoms with Crippen molar-refractivity contribution in [3.05, 3.63) is 24.3 Å². The number of aromatic nitrogens is 3. The molecule has 6 nitrogen and oxygen atoms in total. The van der Waals surface area contributed by atoms with E-state index in [-0.39, 0.29) is 6.42 Å². The Balaban J connectivity index is 2.39. The van der Waals surface area contributed by atoms with E-state index in [2.05, 4.69) is 10.3 Å². The molecule has 78 valence electrons. The second-order valence-corrected chi connectivity index (χ2v) is 3.17. The summed E-state index contributed by atoms with van der Waals surface area (Å²) in [5.41, 5.74) is 6.32. The second kappa shape index (κ2) is 3.66. The second-order valence-electron chi connectivity index (χ2n) is 3.17. The molecular weight excluding hydrogens is 196 g/mol. The van der Waals surface area contributed by atoms with Gasteiger partial charge in [-0.15, -0.1) is 5.10 Å². The highest BCUT2D eigenvalue weighted by molar-refractivity contribution is 5.76. The standard InChI is InChI=1S/C9H10N4O2/c10-8(14)5-9(15)13-7-4-2-1-3-6(7)11-12-13/h1-4,9,15H,5H2,(H2,10,14). The number of primary amides is 1. The van der Waals surface area contributed by atoms with Crippen LogP contribution < -0.4 is 5.73 Å². The minimum absolute atomic E-state index is 0.173. The summed E-state index contributed by atoms with van der Waals surface area (Å²) in [6.45, 7) is 0. The summed E-state index contributed by atoms with van der Waals surface area (Å²) in [6.07, 6.45) is -1.23. The molecule has 1 heterocycles. The zero-order chi connectivity index (χ0) is 10.8. The molecule has 2 aromatic rings. The number of fused-ring (bicyclic) bond motifs is 1. The molecule has 0 saturated carbocycles. The predicted octanol–water partition coefficient (Wildman–Crippen LogP) is -0.202. The Kier molecular flexibility index (Phi) is 2.34. The number of amides is 1. The molecule has 0 fully saturated rings. The van der Waals surface area contributed by atoms with Gasteiger partial charge in [0, 0.05) is 0 Å². The van der Waals surface area contributed by atoms with Crippen molar-refractivity contribution in [2.24, 2.45) is 5.73 Å². The van der Waals surface area contributed by atoms with E-state index in [1.807, 2.05) is 6.07 Å². The van der Waals surface area contributed by atoms with Gasteiger partial charge < -0.3 is 10.8 Å². The number of nitrogens with two attached hydrogens (primary N) is 1. The van der Waals surface area contributed by atoms with Gasteiger partial charge in [-0.05, 0) is 12.1 Å². The zero-order valence-electron chi connectivity index (χ0n) is 7.87. The Bertz CT molecular complexity index is 494. The largest absolute Gasteiger partial charge is 0.371 e. The third kappa shape index (κ3) is 1.79. The van der Waals surface area contributed by atoms with E-state index in [1.54, 1.807) is 18.2 Å². The van der Waals surface area contributed by atoms with E-state index in [1.165, 1.54) is 4.68 Å². The van der Waals surface area contributed by atoms with E-state index in [9.17, 15) is 9.90 Å². The molecule has 1 atom stereocenters. The fraction of sp³-hybridized carbons (Fsp3) is 0.222. The van der Waals surface area contributed by atoms with Crippen LogP contribution in [0.15, 0.2) is 24.3 Å². The van der Waals surface area contributed by atoms with Crippen molar-refractivity contribution in [1.29, 1.82) is 0 Å². The monoisotopic (exact) mass is 206 g/mol. The number of para-hydroxylation sites is 1. The van der Waals surface area contributed by atoms with Gasteiger partial charge in [0.2, 0.25) is 5.91 Å².